The average Bonchev–Trinajstić information content (AvgIpc) is 2.27. The van der Waals surface area contributed by atoms with Gasteiger partial charge in [0.25, 0.3) is 0 Å². The second-order valence-electron chi connectivity index (χ2n) is 4.24. The maximum Gasteiger partial charge on any atom is 0.320 e. The summed E-state index contributed by atoms with van der Waals surface area (Å²) in [5.74, 6) is -1.23. The van der Waals surface area contributed by atoms with Crippen LogP contribution in [0.15, 0.2) is 0 Å². The molecule has 0 spiro atoms. The monoisotopic (exact) mass is 259 g/mol. The molecule has 0 atom stereocenters. The Balaban J connectivity index is 4.55. The van der Waals surface area contributed by atoms with Crippen molar-refractivity contribution in [3.05, 3.63) is 0 Å². The van der Waals surface area contributed by atoms with Gasteiger partial charge in [0, 0.05) is 26.7 Å². The molecule has 0 aliphatic carbocycles. The number of likely N-dealkylation sites (N-methyl/N-ethyl adjacent to an activating group) is 2. The van der Waals surface area contributed by atoms with Crippen molar-refractivity contribution in [1.82, 2.24) is 15.1 Å². The van der Waals surface area contributed by atoms with Crippen LogP contribution in [0, 0.1) is 0 Å². The molecule has 104 valence electrons. The van der Waals surface area contributed by atoms with Gasteiger partial charge >= 0.3 is 12.0 Å². The Morgan fingerprint density at radius 3 is 2.22 bits per heavy atom. The molecule has 0 bridgehead atoms. The van der Waals surface area contributed by atoms with Gasteiger partial charge in [-0.2, -0.15) is 0 Å². The highest BCUT2D eigenvalue weighted by molar-refractivity contribution is 5.84. The van der Waals surface area contributed by atoms with Crippen LogP contribution >= 0.6 is 0 Å². The van der Waals surface area contributed by atoms with E-state index in [1.165, 1.54) is 23.9 Å². The average molecular weight is 259 g/mol. The Bertz CT molecular complexity index is 317. The smallest absolute Gasteiger partial charge is 0.320 e. The Labute approximate surface area is 107 Å². The third-order valence-corrected chi connectivity index (χ3v) is 2.42. The predicted octanol–water partition coefficient (Wildman–Crippen LogP) is -0.0307. The third kappa shape index (κ3) is 5.51. The van der Waals surface area contributed by atoms with Gasteiger partial charge in [-0.3, -0.25) is 9.59 Å². The molecular formula is C11H21N3O4. The molecule has 0 aromatic heterocycles. The molecule has 0 saturated heterocycles. The number of rotatable bonds is 6. The number of carbonyl (C=O) groups is 3. The lowest BCUT2D eigenvalue weighted by Crippen LogP contribution is -2.48. The van der Waals surface area contributed by atoms with Gasteiger partial charge in [0.1, 0.15) is 6.54 Å². The van der Waals surface area contributed by atoms with E-state index in [1.807, 2.05) is 0 Å². The molecule has 0 fully saturated rings. The van der Waals surface area contributed by atoms with Crippen LogP contribution in [0.1, 0.15) is 20.3 Å². The second-order valence-corrected chi connectivity index (χ2v) is 4.24. The van der Waals surface area contributed by atoms with Crippen LogP contribution in [0.5, 0.6) is 0 Å². The predicted molar refractivity (Wildman–Crippen MR) is 66.2 cm³/mol. The number of carboxylic acid groups (broad SMARTS) is 1. The lowest BCUT2D eigenvalue weighted by atomic mass is 10.3. The quantitative estimate of drug-likeness (QED) is 0.701. The van der Waals surface area contributed by atoms with Crippen molar-refractivity contribution in [3.8, 4) is 0 Å². The van der Waals surface area contributed by atoms with Crippen LogP contribution in [0.2, 0.25) is 0 Å². The first-order chi connectivity index (χ1) is 8.29. The highest BCUT2D eigenvalue weighted by atomic mass is 16.4. The number of urea groups is 1. The van der Waals surface area contributed by atoms with Crippen molar-refractivity contribution < 1.29 is 19.5 Å². The Hall–Kier alpha value is -1.79. The van der Waals surface area contributed by atoms with E-state index in [4.69, 9.17) is 5.11 Å². The van der Waals surface area contributed by atoms with Gasteiger partial charge in [0.2, 0.25) is 5.91 Å². The van der Waals surface area contributed by atoms with Crippen LogP contribution in [0.25, 0.3) is 0 Å². The minimum atomic E-state index is -0.956. The maximum atomic E-state index is 12.0. The second kappa shape index (κ2) is 7.52. The topological polar surface area (TPSA) is 90.0 Å². The molecule has 0 rings (SSSR count). The summed E-state index contributed by atoms with van der Waals surface area (Å²) in [6, 6.07) is -0.473. The lowest BCUT2D eigenvalue weighted by Gasteiger charge is -2.30. The fourth-order valence-electron chi connectivity index (χ4n) is 1.37. The molecular weight excluding hydrogens is 238 g/mol. The maximum absolute atomic E-state index is 12.0. The number of hydrogen-bond acceptors (Lipinski definition) is 3. The van der Waals surface area contributed by atoms with Crippen molar-refractivity contribution in [2.45, 2.75) is 26.3 Å². The van der Waals surface area contributed by atoms with Crippen molar-refractivity contribution >= 4 is 17.9 Å². The van der Waals surface area contributed by atoms with E-state index in [0.717, 1.165) is 0 Å². The van der Waals surface area contributed by atoms with E-state index in [0.29, 0.717) is 0 Å². The number of aliphatic carboxylic acids is 1. The zero-order valence-corrected chi connectivity index (χ0v) is 11.3. The van der Waals surface area contributed by atoms with E-state index < -0.39 is 5.97 Å². The van der Waals surface area contributed by atoms with E-state index in [-0.39, 0.29) is 37.5 Å². The number of amides is 3. The van der Waals surface area contributed by atoms with Crippen molar-refractivity contribution in [2.24, 2.45) is 0 Å². The van der Waals surface area contributed by atoms with Crippen LogP contribution in [-0.4, -0.2) is 66.0 Å². The summed E-state index contributed by atoms with van der Waals surface area (Å²) in [7, 11) is 3.00. The van der Waals surface area contributed by atoms with Crippen molar-refractivity contribution in [3.63, 3.8) is 0 Å². The van der Waals surface area contributed by atoms with E-state index >= 15 is 0 Å². The molecule has 0 heterocycles. The lowest BCUT2D eigenvalue weighted by molar-refractivity contribution is -0.137. The van der Waals surface area contributed by atoms with Crippen LogP contribution in [0.4, 0.5) is 4.79 Å². The number of carbonyl (C=O) groups excluding carboxylic acids is 2. The van der Waals surface area contributed by atoms with Gasteiger partial charge in [-0.15, -0.1) is 0 Å². The molecule has 7 nitrogen and oxygen atoms in total. The van der Waals surface area contributed by atoms with E-state index in [9.17, 15) is 14.4 Å². The fraction of sp³-hybridized carbons (Fsp3) is 0.727. The molecule has 3 amide bonds. The van der Waals surface area contributed by atoms with E-state index in [1.54, 1.807) is 13.8 Å². The van der Waals surface area contributed by atoms with Gasteiger partial charge < -0.3 is 20.2 Å². The summed E-state index contributed by atoms with van der Waals surface area (Å²) in [4.78, 5) is 36.4. The van der Waals surface area contributed by atoms with Gasteiger partial charge in [-0.1, -0.05) is 0 Å². The van der Waals surface area contributed by atoms with Gasteiger partial charge in [0.05, 0.1) is 6.42 Å². The normalized spacial score (nSPS) is 10.1. The minimum absolute atomic E-state index is 0.0500. The molecule has 18 heavy (non-hydrogen) atoms. The van der Waals surface area contributed by atoms with Crippen molar-refractivity contribution in [2.75, 3.05) is 27.2 Å². The summed E-state index contributed by atoms with van der Waals surface area (Å²) in [6.45, 7) is 3.68. The molecule has 0 aromatic carbocycles. The first-order valence-corrected chi connectivity index (χ1v) is 5.73. The summed E-state index contributed by atoms with van der Waals surface area (Å²) in [5.41, 5.74) is 0. The SMILES string of the molecule is CNC(=O)CN(C)C(=O)N(CCC(=O)O)C(C)C. The van der Waals surface area contributed by atoms with Crippen LogP contribution in [-0.2, 0) is 9.59 Å². The zero-order chi connectivity index (χ0) is 14.3. The Kier molecular flexibility index (Phi) is 6.77. The fourth-order valence-corrected chi connectivity index (χ4v) is 1.37. The standard InChI is InChI=1S/C11H21N3O4/c1-8(2)14(6-5-10(16)17)11(18)13(4)7-9(15)12-3/h8H,5-7H2,1-4H3,(H,12,15)(H,16,17). The highest BCUT2D eigenvalue weighted by Gasteiger charge is 2.22. The number of nitrogens with one attached hydrogen (secondary N) is 1. The van der Waals surface area contributed by atoms with Crippen molar-refractivity contribution in [1.29, 1.82) is 0 Å². The number of nitrogens with zero attached hydrogens (tertiary/aromatic N) is 2. The minimum Gasteiger partial charge on any atom is -0.481 e. The van der Waals surface area contributed by atoms with Gasteiger partial charge in [0.15, 0.2) is 0 Å². The first kappa shape index (κ1) is 16.2. The largest absolute Gasteiger partial charge is 0.481 e. The van der Waals surface area contributed by atoms with Gasteiger partial charge in [-0.25, -0.2) is 4.79 Å². The van der Waals surface area contributed by atoms with Crippen LogP contribution in [0.3, 0.4) is 0 Å². The molecule has 0 unspecified atom stereocenters. The summed E-state index contributed by atoms with van der Waals surface area (Å²) >= 11 is 0. The molecule has 0 saturated carbocycles. The highest BCUT2D eigenvalue weighted by Crippen LogP contribution is 2.04. The third-order valence-electron chi connectivity index (χ3n) is 2.42. The number of hydrogen-bond donors (Lipinski definition) is 2. The molecule has 2 N–H and O–H groups in total. The zero-order valence-electron chi connectivity index (χ0n) is 11.3. The molecule has 0 radical (unpaired) electrons. The van der Waals surface area contributed by atoms with E-state index in [2.05, 4.69) is 5.32 Å². The van der Waals surface area contributed by atoms with Gasteiger partial charge in [-0.05, 0) is 13.8 Å². The molecule has 7 heteroatoms. The summed E-state index contributed by atoms with van der Waals surface area (Å²) < 4.78 is 0. The molecule has 0 aromatic rings. The number of carboxylic acids is 1. The molecule has 0 aliphatic heterocycles. The first-order valence-electron chi connectivity index (χ1n) is 5.73. The molecule has 0 aliphatic rings. The summed E-state index contributed by atoms with van der Waals surface area (Å²) in [5, 5.41) is 11.1. The Morgan fingerprint density at radius 1 is 1.28 bits per heavy atom. The summed E-state index contributed by atoms with van der Waals surface area (Å²) in [6.07, 6.45) is -0.113. The Morgan fingerprint density at radius 2 is 1.83 bits per heavy atom. The van der Waals surface area contributed by atoms with Crippen LogP contribution < -0.4 is 5.32 Å².